The van der Waals surface area contributed by atoms with Gasteiger partial charge in [0.05, 0.1) is 0 Å². The minimum absolute atomic E-state index is 0.516. The Morgan fingerprint density at radius 1 is 1.35 bits per heavy atom. The second-order valence-electron chi connectivity index (χ2n) is 6.56. The average Bonchev–Trinajstić information content (AvgIpc) is 2.75. The molecular weight excluding hydrogens is 246 g/mol. The minimum Gasteiger partial charge on any atom is -0.354 e. The number of pyridine rings is 1. The molecule has 112 valence electrons. The van der Waals surface area contributed by atoms with Crippen LogP contribution in [0.15, 0.2) is 12.1 Å². The number of aryl methyl sites for hydroxylation is 1. The molecule has 1 saturated heterocycles. The topological polar surface area (TPSA) is 28.2 Å². The van der Waals surface area contributed by atoms with Gasteiger partial charge in [0.25, 0.3) is 0 Å². The highest BCUT2D eigenvalue weighted by Gasteiger charge is 2.27. The highest BCUT2D eigenvalue weighted by molar-refractivity contribution is 5.45. The van der Waals surface area contributed by atoms with Crippen LogP contribution < -0.4 is 10.2 Å². The summed E-state index contributed by atoms with van der Waals surface area (Å²) in [7, 11) is 0. The van der Waals surface area contributed by atoms with E-state index in [0.717, 1.165) is 25.4 Å². The molecule has 1 aromatic rings. The Kier molecular flexibility index (Phi) is 5.03. The zero-order valence-electron chi connectivity index (χ0n) is 13.6. The summed E-state index contributed by atoms with van der Waals surface area (Å²) in [5.74, 6) is 1.94. The molecule has 1 aliphatic heterocycles. The van der Waals surface area contributed by atoms with Crippen LogP contribution in [0.4, 0.5) is 5.82 Å². The van der Waals surface area contributed by atoms with Crippen LogP contribution >= 0.6 is 0 Å². The molecule has 2 rings (SSSR count). The van der Waals surface area contributed by atoms with Crippen molar-refractivity contribution < 1.29 is 0 Å². The standard InChI is InChI=1S/C17H29N3/c1-6-16-8-15(10-18-12(2)3)9-17(19-16)20-11-13(4)7-14(20)5/h8-9,12-14,18H,6-7,10-11H2,1-5H3. The van der Waals surface area contributed by atoms with Crippen LogP contribution in [-0.2, 0) is 13.0 Å². The van der Waals surface area contributed by atoms with Crippen LogP contribution in [0.2, 0.25) is 0 Å². The SMILES string of the molecule is CCc1cc(CNC(C)C)cc(N2CC(C)CC2C)n1. The summed E-state index contributed by atoms with van der Waals surface area (Å²) in [4.78, 5) is 7.32. The number of aromatic nitrogens is 1. The molecule has 1 fully saturated rings. The summed E-state index contributed by atoms with van der Waals surface area (Å²) in [5, 5.41) is 3.50. The maximum atomic E-state index is 4.84. The van der Waals surface area contributed by atoms with Crippen molar-refractivity contribution in [2.75, 3.05) is 11.4 Å². The molecule has 0 radical (unpaired) electrons. The molecular formula is C17H29N3. The normalized spacial score (nSPS) is 22.8. The molecule has 1 aromatic heterocycles. The molecule has 0 saturated carbocycles. The maximum Gasteiger partial charge on any atom is 0.129 e. The largest absolute Gasteiger partial charge is 0.354 e. The molecule has 0 aromatic carbocycles. The molecule has 0 spiro atoms. The van der Waals surface area contributed by atoms with Gasteiger partial charge in [0, 0.05) is 30.9 Å². The Balaban J connectivity index is 2.21. The molecule has 1 aliphatic rings. The number of nitrogens with one attached hydrogen (secondary N) is 1. The molecule has 0 aliphatic carbocycles. The predicted molar refractivity (Wildman–Crippen MR) is 86.2 cm³/mol. The van der Waals surface area contributed by atoms with E-state index in [0.29, 0.717) is 12.1 Å². The maximum absolute atomic E-state index is 4.84. The second kappa shape index (κ2) is 6.57. The van der Waals surface area contributed by atoms with Crippen LogP contribution in [0.1, 0.15) is 52.3 Å². The summed E-state index contributed by atoms with van der Waals surface area (Å²) in [6, 6.07) is 5.63. The smallest absolute Gasteiger partial charge is 0.129 e. The first-order valence-corrected chi connectivity index (χ1v) is 7.99. The first kappa shape index (κ1) is 15.3. The zero-order chi connectivity index (χ0) is 14.7. The van der Waals surface area contributed by atoms with Gasteiger partial charge in [-0.05, 0) is 43.4 Å². The van der Waals surface area contributed by atoms with Crippen LogP contribution in [0.3, 0.4) is 0 Å². The van der Waals surface area contributed by atoms with E-state index in [1.54, 1.807) is 0 Å². The first-order chi connectivity index (χ1) is 9.49. The summed E-state index contributed by atoms with van der Waals surface area (Å²) in [6.07, 6.45) is 2.28. The van der Waals surface area contributed by atoms with E-state index >= 15 is 0 Å². The van der Waals surface area contributed by atoms with Crippen molar-refractivity contribution in [2.45, 2.75) is 66.1 Å². The highest BCUT2D eigenvalue weighted by atomic mass is 15.2. The number of nitrogens with zero attached hydrogens (tertiary/aromatic N) is 2. The van der Waals surface area contributed by atoms with Gasteiger partial charge >= 0.3 is 0 Å². The van der Waals surface area contributed by atoms with Crippen LogP contribution in [0.25, 0.3) is 0 Å². The summed E-state index contributed by atoms with van der Waals surface area (Å²) >= 11 is 0. The van der Waals surface area contributed by atoms with Crippen molar-refractivity contribution in [1.29, 1.82) is 0 Å². The quantitative estimate of drug-likeness (QED) is 0.893. The predicted octanol–water partition coefficient (Wildman–Crippen LogP) is 3.38. The van der Waals surface area contributed by atoms with E-state index in [-0.39, 0.29) is 0 Å². The average molecular weight is 275 g/mol. The molecule has 3 heteroatoms. The summed E-state index contributed by atoms with van der Waals surface area (Å²) in [6.45, 7) is 13.3. The lowest BCUT2D eigenvalue weighted by Crippen LogP contribution is -2.28. The number of anilines is 1. The first-order valence-electron chi connectivity index (χ1n) is 7.99. The van der Waals surface area contributed by atoms with E-state index < -0.39 is 0 Å². The van der Waals surface area contributed by atoms with Crippen molar-refractivity contribution in [3.8, 4) is 0 Å². The zero-order valence-corrected chi connectivity index (χ0v) is 13.6. The van der Waals surface area contributed by atoms with Gasteiger partial charge in [0.2, 0.25) is 0 Å². The van der Waals surface area contributed by atoms with Gasteiger partial charge in [-0.1, -0.05) is 27.7 Å². The molecule has 2 unspecified atom stereocenters. The summed E-state index contributed by atoms with van der Waals surface area (Å²) in [5.41, 5.74) is 2.56. The Bertz CT molecular complexity index is 442. The lowest BCUT2D eigenvalue weighted by Gasteiger charge is -2.24. The Morgan fingerprint density at radius 2 is 2.10 bits per heavy atom. The van der Waals surface area contributed by atoms with Crippen LogP contribution in [0, 0.1) is 5.92 Å². The van der Waals surface area contributed by atoms with E-state index in [9.17, 15) is 0 Å². The number of hydrogen-bond acceptors (Lipinski definition) is 3. The molecule has 0 amide bonds. The Labute approximate surface area is 123 Å². The lowest BCUT2D eigenvalue weighted by molar-refractivity contribution is 0.587. The van der Waals surface area contributed by atoms with Crippen molar-refractivity contribution in [3.05, 3.63) is 23.4 Å². The van der Waals surface area contributed by atoms with E-state index in [1.165, 1.54) is 23.5 Å². The molecule has 0 bridgehead atoms. The van der Waals surface area contributed by atoms with Gasteiger partial charge in [-0.15, -0.1) is 0 Å². The third kappa shape index (κ3) is 3.72. The van der Waals surface area contributed by atoms with Gasteiger partial charge in [0.15, 0.2) is 0 Å². The van der Waals surface area contributed by atoms with Crippen molar-refractivity contribution in [3.63, 3.8) is 0 Å². The lowest BCUT2D eigenvalue weighted by atomic mass is 10.1. The molecule has 3 nitrogen and oxygen atoms in total. The van der Waals surface area contributed by atoms with E-state index in [1.807, 2.05) is 0 Å². The third-order valence-corrected chi connectivity index (χ3v) is 4.08. The van der Waals surface area contributed by atoms with Crippen molar-refractivity contribution >= 4 is 5.82 Å². The van der Waals surface area contributed by atoms with Gasteiger partial charge in [-0.2, -0.15) is 0 Å². The van der Waals surface area contributed by atoms with Gasteiger partial charge < -0.3 is 10.2 Å². The molecule has 2 atom stereocenters. The van der Waals surface area contributed by atoms with Gasteiger partial charge in [-0.25, -0.2) is 4.98 Å². The Morgan fingerprint density at radius 3 is 2.65 bits per heavy atom. The number of rotatable bonds is 5. The second-order valence-corrected chi connectivity index (χ2v) is 6.56. The van der Waals surface area contributed by atoms with Gasteiger partial charge in [-0.3, -0.25) is 0 Å². The minimum atomic E-state index is 0.516. The Hall–Kier alpha value is -1.09. The fraction of sp³-hybridized carbons (Fsp3) is 0.706. The fourth-order valence-corrected chi connectivity index (χ4v) is 3.00. The van der Waals surface area contributed by atoms with Crippen molar-refractivity contribution in [2.24, 2.45) is 5.92 Å². The van der Waals surface area contributed by atoms with Crippen LogP contribution in [0.5, 0.6) is 0 Å². The number of hydrogen-bond donors (Lipinski definition) is 1. The summed E-state index contributed by atoms with van der Waals surface area (Å²) < 4.78 is 0. The van der Waals surface area contributed by atoms with E-state index in [2.05, 4.69) is 57.0 Å². The highest BCUT2D eigenvalue weighted by Crippen LogP contribution is 2.28. The monoisotopic (exact) mass is 275 g/mol. The molecule has 20 heavy (non-hydrogen) atoms. The van der Waals surface area contributed by atoms with Crippen LogP contribution in [-0.4, -0.2) is 23.6 Å². The van der Waals surface area contributed by atoms with Gasteiger partial charge in [0.1, 0.15) is 5.82 Å². The molecule has 2 heterocycles. The third-order valence-electron chi connectivity index (χ3n) is 4.08. The fourth-order valence-electron chi connectivity index (χ4n) is 3.00. The van der Waals surface area contributed by atoms with E-state index in [4.69, 9.17) is 4.98 Å². The van der Waals surface area contributed by atoms with Crippen molar-refractivity contribution in [1.82, 2.24) is 10.3 Å². The molecule has 1 N–H and O–H groups in total.